The van der Waals surface area contributed by atoms with Crippen LogP contribution in [0.25, 0.3) is 5.82 Å². The van der Waals surface area contributed by atoms with Gasteiger partial charge in [-0.2, -0.15) is 0 Å². The average molecular weight is 355 g/mol. The van der Waals surface area contributed by atoms with E-state index in [2.05, 4.69) is 45.5 Å². The number of aliphatic imine (C=N–C) groups is 1. The highest BCUT2D eigenvalue weighted by molar-refractivity contribution is 5.79. The summed E-state index contributed by atoms with van der Waals surface area (Å²) >= 11 is 0. The first-order valence-corrected chi connectivity index (χ1v) is 9.56. The van der Waals surface area contributed by atoms with Crippen LogP contribution < -0.4 is 10.6 Å². The minimum atomic E-state index is 0.526. The summed E-state index contributed by atoms with van der Waals surface area (Å²) < 4.78 is 1.89. The van der Waals surface area contributed by atoms with Crippen molar-refractivity contribution in [1.82, 2.24) is 25.2 Å². The molecule has 6 heteroatoms. The van der Waals surface area contributed by atoms with Crippen molar-refractivity contribution in [3.8, 4) is 5.82 Å². The first kappa shape index (κ1) is 18.4. The number of pyridine rings is 1. The first-order valence-electron chi connectivity index (χ1n) is 9.56. The van der Waals surface area contributed by atoms with Gasteiger partial charge in [-0.3, -0.25) is 9.56 Å². The third-order valence-electron chi connectivity index (χ3n) is 5.32. The Bertz CT molecular complexity index is 682. The molecule has 0 aliphatic heterocycles. The molecule has 0 bridgehead atoms. The molecule has 26 heavy (non-hydrogen) atoms. The van der Waals surface area contributed by atoms with E-state index in [1.807, 2.05) is 30.1 Å². The topological polar surface area (TPSA) is 67.1 Å². The normalized spacial score (nSPS) is 21.0. The standard InChI is InChI=1S/C20H30N6/c1-15(2)17-5-7-18(8-6-17)25-20(21-3)24-13-16-4-9-19(23-12-16)26-11-10-22-14-26/h4,9-12,14-15,17-18H,5-8,13H2,1-3H3,(H2,21,24,25). The van der Waals surface area contributed by atoms with Gasteiger partial charge in [-0.15, -0.1) is 0 Å². The number of hydrogen-bond donors (Lipinski definition) is 2. The van der Waals surface area contributed by atoms with Gasteiger partial charge in [-0.25, -0.2) is 9.97 Å². The van der Waals surface area contributed by atoms with E-state index in [0.717, 1.165) is 29.2 Å². The maximum Gasteiger partial charge on any atom is 0.191 e. The maximum absolute atomic E-state index is 4.49. The second-order valence-corrected chi connectivity index (χ2v) is 7.42. The second-order valence-electron chi connectivity index (χ2n) is 7.42. The molecule has 0 saturated heterocycles. The van der Waals surface area contributed by atoms with Gasteiger partial charge in [-0.1, -0.05) is 19.9 Å². The van der Waals surface area contributed by atoms with Gasteiger partial charge >= 0.3 is 0 Å². The van der Waals surface area contributed by atoms with Crippen LogP contribution in [0.3, 0.4) is 0 Å². The van der Waals surface area contributed by atoms with Crippen LogP contribution in [0.4, 0.5) is 0 Å². The molecule has 1 saturated carbocycles. The van der Waals surface area contributed by atoms with Gasteiger partial charge in [-0.05, 0) is 49.1 Å². The summed E-state index contributed by atoms with van der Waals surface area (Å²) in [6, 6.07) is 4.61. The number of aromatic nitrogens is 3. The lowest BCUT2D eigenvalue weighted by atomic mass is 9.80. The van der Waals surface area contributed by atoms with Crippen LogP contribution in [0.5, 0.6) is 0 Å². The van der Waals surface area contributed by atoms with Gasteiger partial charge in [0.05, 0.1) is 0 Å². The summed E-state index contributed by atoms with van der Waals surface area (Å²) in [7, 11) is 1.83. The second kappa shape index (κ2) is 8.83. The summed E-state index contributed by atoms with van der Waals surface area (Å²) in [5, 5.41) is 6.98. The highest BCUT2D eigenvalue weighted by Gasteiger charge is 2.23. The van der Waals surface area contributed by atoms with E-state index in [1.54, 1.807) is 12.5 Å². The Balaban J connectivity index is 1.47. The molecular weight excluding hydrogens is 324 g/mol. The highest BCUT2D eigenvalue weighted by Crippen LogP contribution is 2.29. The molecule has 2 N–H and O–H groups in total. The largest absolute Gasteiger partial charge is 0.354 e. The number of hydrogen-bond acceptors (Lipinski definition) is 3. The van der Waals surface area contributed by atoms with Crippen LogP contribution >= 0.6 is 0 Å². The minimum Gasteiger partial charge on any atom is -0.354 e. The molecule has 0 aromatic carbocycles. The molecule has 1 fully saturated rings. The van der Waals surface area contributed by atoms with Gasteiger partial charge in [0.15, 0.2) is 5.96 Å². The van der Waals surface area contributed by atoms with Gasteiger partial charge in [0.25, 0.3) is 0 Å². The Morgan fingerprint density at radius 3 is 2.65 bits per heavy atom. The fourth-order valence-corrected chi connectivity index (χ4v) is 3.57. The fourth-order valence-electron chi connectivity index (χ4n) is 3.57. The quantitative estimate of drug-likeness (QED) is 0.639. The molecule has 3 rings (SSSR count). The Hall–Kier alpha value is -2.37. The zero-order valence-corrected chi connectivity index (χ0v) is 16.0. The van der Waals surface area contributed by atoms with Gasteiger partial charge in [0.1, 0.15) is 12.1 Å². The van der Waals surface area contributed by atoms with E-state index in [4.69, 9.17) is 0 Å². The molecule has 2 aromatic rings. The molecule has 0 atom stereocenters. The SMILES string of the molecule is CN=C(NCc1ccc(-n2ccnc2)nc1)NC1CCC(C(C)C)CC1. The highest BCUT2D eigenvalue weighted by atomic mass is 15.2. The van der Waals surface area contributed by atoms with Crippen LogP contribution in [-0.4, -0.2) is 33.6 Å². The number of nitrogens with zero attached hydrogens (tertiary/aromatic N) is 4. The predicted molar refractivity (Wildman–Crippen MR) is 105 cm³/mol. The Morgan fingerprint density at radius 1 is 1.27 bits per heavy atom. The number of guanidine groups is 1. The molecule has 2 heterocycles. The first-order chi connectivity index (χ1) is 12.7. The zero-order valence-electron chi connectivity index (χ0n) is 16.0. The fraction of sp³-hybridized carbons (Fsp3) is 0.550. The molecule has 0 amide bonds. The lowest BCUT2D eigenvalue weighted by Gasteiger charge is -2.32. The summed E-state index contributed by atoms with van der Waals surface area (Å²) in [5.74, 6) is 3.42. The van der Waals surface area contributed by atoms with Gasteiger partial charge < -0.3 is 10.6 Å². The van der Waals surface area contributed by atoms with Crippen LogP contribution in [0.2, 0.25) is 0 Å². The van der Waals surface area contributed by atoms with E-state index in [9.17, 15) is 0 Å². The van der Waals surface area contributed by atoms with Crippen molar-refractivity contribution in [2.75, 3.05) is 7.05 Å². The van der Waals surface area contributed by atoms with Crippen molar-refractivity contribution < 1.29 is 0 Å². The smallest absolute Gasteiger partial charge is 0.191 e. The van der Waals surface area contributed by atoms with E-state index in [1.165, 1.54) is 25.7 Å². The summed E-state index contributed by atoms with van der Waals surface area (Å²) in [4.78, 5) is 12.9. The van der Waals surface area contributed by atoms with Gasteiger partial charge in [0, 0.05) is 38.2 Å². The van der Waals surface area contributed by atoms with Gasteiger partial charge in [0.2, 0.25) is 0 Å². The molecule has 1 aliphatic carbocycles. The lowest BCUT2D eigenvalue weighted by Crippen LogP contribution is -2.44. The summed E-state index contributed by atoms with van der Waals surface area (Å²) in [5.41, 5.74) is 1.13. The molecule has 140 valence electrons. The molecule has 0 radical (unpaired) electrons. The Morgan fingerprint density at radius 2 is 2.08 bits per heavy atom. The third-order valence-corrected chi connectivity index (χ3v) is 5.32. The van der Waals surface area contributed by atoms with Crippen molar-refractivity contribution in [3.63, 3.8) is 0 Å². The zero-order chi connectivity index (χ0) is 18.4. The number of imidazole rings is 1. The number of nitrogens with one attached hydrogen (secondary N) is 2. The van der Waals surface area contributed by atoms with Crippen molar-refractivity contribution in [2.45, 2.75) is 52.1 Å². The third kappa shape index (κ3) is 4.84. The van der Waals surface area contributed by atoms with E-state index in [-0.39, 0.29) is 0 Å². The molecule has 0 unspecified atom stereocenters. The Kier molecular flexibility index (Phi) is 6.26. The van der Waals surface area contributed by atoms with Crippen molar-refractivity contribution in [3.05, 3.63) is 42.6 Å². The monoisotopic (exact) mass is 354 g/mol. The lowest BCUT2D eigenvalue weighted by molar-refractivity contribution is 0.250. The van der Waals surface area contributed by atoms with Crippen LogP contribution in [0.1, 0.15) is 45.1 Å². The average Bonchev–Trinajstić information content (AvgIpc) is 3.20. The van der Waals surface area contributed by atoms with E-state index < -0.39 is 0 Å². The van der Waals surface area contributed by atoms with Crippen molar-refractivity contribution in [2.24, 2.45) is 16.8 Å². The van der Waals surface area contributed by atoms with Crippen molar-refractivity contribution in [1.29, 1.82) is 0 Å². The van der Waals surface area contributed by atoms with Crippen molar-refractivity contribution >= 4 is 5.96 Å². The van der Waals surface area contributed by atoms with E-state index in [0.29, 0.717) is 12.6 Å². The molecular formula is C20H30N6. The predicted octanol–water partition coefficient (Wildman–Crippen LogP) is 3.15. The van der Waals surface area contributed by atoms with Crippen LogP contribution in [0, 0.1) is 11.8 Å². The number of rotatable bonds is 5. The molecule has 0 spiro atoms. The molecule has 2 aromatic heterocycles. The van der Waals surface area contributed by atoms with E-state index >= 15 is 0 Å². The summed E-state index contributed by atoms with van der Waals surface area (Å²) in [6.45, 7) is 5.38. The molecule has 6 nitrogen and oxygen atoms in total. The molecule has 1 aliphatic rings. The van der Waals surface area contributed by atoms with Crippen LogP contribution in [0.15, 0.2) is 42.0 Å². The maximum atomic E-state index is 4.49. The Labute approximate surface area is 156 Å². The summed E-state index contributed by atoms with van der Waals surface area (Å²) in [6.07, 6.45) is 12.4. The van der Waals surface area contributed by atoms with Crippen LogP contribution in [-0.2, 0) is 6.54 Å². The minimum absolute atomic E-state index is 0.526.